The zero-order valence-electron chi connectivity index (χ0n) is 10.1. The van der Waals surface area contributed by atoms with Gasteiger partial charge < -0.3 is 4.79 Å². The van der Waals surface area contributed by atoms with Gasteiger partial charge in [-0.2, -0.15) is 0 Å². The first-order valence-electron chi connectivity index (χ1n) is 5.56. The first-order valence-corrected chi connectivity index (χ1v) is 5.56. The first-order chi connectivity index (χ1) is 6.99. The maximum Gasteiger partial charge on any atom is 0.129 e. The van der Waals surface area contributed by atoms with E-state index < -0.39 is 0 Å². The Morgan fingerprint density at radius 3 is 2.20 bits per heavy atom. The molecule has 1 nitrogen and oxygen atoms in total. The number of benzene rings is 1. The monoisotopic (exact) mass is 204 g/mol. The van der Waals surface area contributed by atoms with Crippen molar-refractivity contribution in [3.63, 3.8) is 0 Å². The van der Waals surface area contributed by atoms with Crippen LogP contribution in [-0.4, -0.2) is 5.78 Å². The summed E-state index contributed by atoms with van der Waals surface area (Å²) in [5.74, 6) is 0.763. The Kier molecular flexibility index (Phi) is 4.07. The van der Waals surface area contributed by atoms with E-state index in [0.717, 1.165) is 6.42 Å². The van der Waals surface area contributed by atoms with Crippen molar-refractivity contribution in [2.24, 2.45) is 0 Å². The van der Waals surface area contributed by atoms with Crippen LogP contribution in [-0.2, 0) is 4.79 Å². The lowest BCUT2D eigenvalue weighted by Gasteiger charge is -2.12. The van der Waals surface area contributed by atoms with Gasteiger partial charge in [-0.3, -0.25) is 0 Å². The summed E-state index contributed by atoms with van der Waals surface area (Å²) >= 11 is 0. The van der Waals surface area contributed by atoms with E-state index in [0.29, 0.717) is 12.3 Å². The van der Waals surface area contributed by atoms with Crippen LogP contribution >= 0.6 is 0 Å². The van der Waals surface area contributed by atoms with E-state index in [-0.39, 0.29) is 5.78 Å². The maximum absolute atomic E-state index is 10.9. The summed E-state index contributed by atoms with van der Waals surface area (Å²) in [5, 5.41) is 0. The Bertz CT molecular complexity index is 332. The Morgan fingerprint density at radius 1 is 1.20 bits per heavy atom. The number of carbonyl (C=O) groups excluding carboxylic acids is 1. The lowest BCUT2D eigenvalue weighted by molar-refractivity contribution is -0.117. The van der Waals surface area contributed by atoms with Crippen molar-refractivity contribution in [1.29, 1.82) is 0 Å². The molecule has 82 valence electrons. The Hall–Kier alpha value is -1.11. The first kappa shape index (κ1) is 12.0. The van der Waals surface area contributed by atoms with Gasteiger partial charge in [0.05, 0.1) is 0 Å². The Balaban J connectivity index is 2.72. The van der Waals surface area contributed by atoms with Gasteiger partial charge in [-0.05, 0) is 38.7 Å². The number of rotatable bonds is 4. The van der Waals surface area contributed by atoms with E-state index in [1.165, 1.54) is 16.7 Å². The minimum Gasteiger partial charge on any atom is -0.300 e. The van der Waals surface area contributed by atoms with E-state index in [2.05, 4.69) is 39.0 Å². The predicted molar refractivity (Wildman–Crippen MR) is 64.2 cm³/mol. The molecule has 1 atom stereocenters. The average Bonchev–Trinajstić information content (AvgIpc) is 2.12. The van der Waals surface area contributed by atoms with E-state index in [4.69, 9.17) is 0 Å². The largest absolute Gasteiger partial charge is 0.300 e. The smallest absolute Gasteiger partial charge is 0.129 e. The van der Waals surface area contributed by atoms with Crippen LogP contribution in [0.15, 0.2) is 18.2 Å². The molecule has 0 fully saturated rings. The van der Waals surface area contributed by atoms with Gasteiger partial charge in [-0.25, -0.2) is 0 Å². The van der Waals surface area contributed by atoms with Crippen molar-refractivity contribution in [3.8, 4) is 0 Å². The molecule has 1 unspecified atom stereocenters. The summed E-state index contributed by atoms with van der Waals surface area (Å²) < 4.78 is 0. The highest BCUT2D eigenvalue weighted by Gasteiger charge is 2.07. The third kappa shape index (κ3) is 3.86. The van der Waals surface area contributed by atoms with Crippen LogP contribution in [0.4, 0.5) is 0 Å². The fraction of sp³-hybridized carbons (Fsp3) is 0.500. The molecule has 0 saturated carbocycles. The van der Waals surface area contributed by atoms with Gasteiger partial charge in [0, 0.05) is 6.42 Å². The minimum atomic E-state index is 0.284. The third-order valence-electron chi connectivity index (χ3n) is 2.74. The highest BCUT2D eigenvalue weighted by atomic mass is 16.1. The molecule has 1 heteroatoms. The summed E-state index contributed by atoms with van der Waals surface area (Å²) in [4.78, 5) is 10.9. The summed E-state index contributed by atoms with van der Waals surface area (Å²) in [5.41, 5.74) is 3.97. The van der Waals surface area contributed by atoms with Crippen LogP contribution in [0.1, 0.15) is 49.3 Å². The standard InChI is InChI=1S/C14H20O/c1-10-7-11(2)9-14(8-10)12(3)5-6-13(4)15/h7-9,12H,5-6H2,1-4H3. The van der Waals surface area contributed by atoms with E-state index in [1.807, 2.05) is 0 Å². The summed E-state index contributed by atoms with van der Waals surface area (Å²) in [6.07, 6.45) is 1.65. The molecule has 0 aromatic heterocycles. The molecule has 1 aromatic carbocycles. The summed E-state index contributed by atoms with van der Waals surface area (Å²) in [6, 6.07) is 6.62. The van der Waals surface area contributed by atoms with Gasteiger partial charge in [0.1, 0.15) is 5.78 Å². The van der Waals surface area contributed by atoms with Crippen LogP contribution < -0.4 is 0 Å². The Labute approximate surface area is 92.5 Å². The number of hydrogen-bond acceptors (Lipinski definition) is 1. The van der Waals surface area contributed by atoms with Gasteiger partial charge in [0.25, 0.3) is 0 Å². The minimum absolute atomic E-state index is 0.284. The van der Waals surface area contributed by atoms with Gasteiger partial charge in [-0.1, -0.05) is 36.2 Å². The lowest BCUT2D eigenvalue weighted by Crippen LogP contribution is -1.99. The molecule has 0 aliphatic carbocycles. The number of hydrogen-bond donors (Lipinski definition) is 0. The highest BCUT2D eigenvalue weighted by molar-refractivity contribution is 5.75. The quantitative estimate of drug-likeness (QED) is 0.729. The second-order valence-electron chi connectivity index (χ2n) is 4.56. The molecule has 0 spiro atoms. The molecule has 0 bridgehead atoms. The van der Waals surface area contributed by atoms with Crippen LogP contribution in [0.3, 0.4) is 0 Å². The number of Topliss-reactive ketones (excluding diaryl/α,β-unsaturated/α-hetero) is 1. The average molecular weight is 204 g/mol. The fourth-order valence-corrected chi connectivity index (χ4v) is 1.88. The molecule has 0 saturated heterocycles. The second kappa shape index (κ2) is 5.11. The molecule has 15 heavy (non-hydrogen) atoms. The third-order valence-corrected chi connectivity index (χ3v) is 2.74. The summed E-state index contributed by atoms with van der Waals surface area (Å²) in [6.45, 7) is 8.09. The molecular formula is C14H20O. The Morgan fingerprint density at radius 2 is 1.73 bits per heavy atom. The van der Waals surface area contributed by atoms with Crippen molar-refractivity contribution >= 4 is 5.78 Å². The van der Waals surface area contributed by atoms with Crippen LogP contribution in [0, 0.1) is 13.8 Å². The SMILES string of the molecule is CC(=O)CCC(C)c1cc(C)cc(C)c1. The normalized spacial score (nSPS) is 12.5. The molecular weight excluding hydrogens is 184 g/mol. The van der Waals surface area contributed by atoms with Gasteiger partial charge in [0.2, 0.25) is 0 Å². The number of carbonyl (C=O) groups is 1. The molecule has 1 aromatic rings. The fourth-order valence-electron chi connectivity index (χ4n) is 1.88. The van der Waals surface area contributed by atoms with Crippen molar-refractivity contribution < 1.29 is 4.79 Å². The van der Waals surface area contributed by atoms with Gasteiger partial charge >= 0.3 is 0 Å². The second-order valence-corrected chi connectivity index (χ2v) is 4.56. The summed E-state index contributed by atoms with van der Waals surface area (Å²) in [7, 11) is 0. The van der Waals surface area contributed by atoms with E-state index in [9.17, 15) is 4.79 Å². The van der Waals surface area contributed by atoms with Gasteiger partial charge in [-0.15, -0.1) is 0 Å². The van der Waals surface area contributed by atoms with Crippen molar-refractivity contribution in [1.82, 2.24) is 0 Å². The molecule has 0 N–H and O–H groups in total. The maximum atomic E-state index is 10.9. The van der Waals surface area contributed by atoms with Crippen LogP contribution in [0.2, 0.25) is 0 Å². The molecule has 0 aliphatic rings. The zero-order chi connectivity index (χ0) is 11.4. The van der Waals surface area contributed by atoms with Crippen molar-refractivity contribution in [2.75, 3.05) is 0 Å². The molecule has 0 aliphatic heterocycles. The molecule has 0 amide bonds. The molecule has 1 rings (SSSR count). The van der Waals surface area contributed by atoms with Gasteiger partial charge in [0.15, 0.2) is 0 Å². The lowest BCUT2D eigenvalue weighted by atomic mass is 9.93. The number of ketones is 1. The van der Waals surface area contributed by atoms with Crippen molar-refractivity contribution in [2.45, 2.75) is 46.5 Å². The molecule has 0 radical (unpaired) electrons. The molecule has 0 heterocycles. The topological polar surface area (TPSA) is 17.1 Å². The van der Waals surface area contributed by atoms with Crippen LogP contribution in [0.25, 0.3) is 0 Å². The van der Waals surface area contributed by atoms with Crippen molar-refractivity contribution in [3.05, 3.63) is 34.9 Å². The number of aryl methyl sites for hydroxylation is 2. The van der Waals surface area contributed by atoms with E-state index in [1.54, 1.807) is 6.92 Å². The predicted octanol–water partition coefficient (Wildman–Crippen LogP) is 3.78. The highest BCUT2D eigenvalue weighted by Crippen LogP contribution is 2.22. The zero-order valence-corrected chi connectivity index (χ0v) is 10.1. The van der Waals surface area contributed by atoms with E-state index >= 15 is 0 Å². The van der Waals surface area contributed by atoms with Crippen LogP contribution in [0.5, 0.6) is 0 Å².